The lowest BCUT2D eigenvalue weighted by atomic mass is 10.1. The maximum absolute atomic E-state index is 11.8. The van der Waals surface area contributed by atoms with Crippen molar-refractivity contribution in [3.63, 3.8) is 0 Å². The van der Waals surface area contributed by atoms with Crippen LogP contribution in [0.4, 0.5) is 0 Å². The van der Waals surface area contributed by atoms with Crippen LogP contribution in [0.1, 0.15) is 35.9 Å². The van der Waals surface area contributed by atoms with Crippen molar-refractivity contribution in [3.05, 3.63) is 47.8 Å². The number of carbonyl (C=O) groups excluding carboxylic acids is 1. The van der Waals surface area contributed by atoms with E-state index >= 15 is 0 Å². The Morgan fingerprint density at radius 2 is 1.95 bits per heavy atom. The lowest BCUT2D eigenvalue weighted by Gasteiger charge is -2.10. The molecule has 0 aliphatic rings. The molecule has 0 aliphatic carbocycles. The summed E-state index contributed by atoms with van der Waals surface area (Å²) in [7, 11) is 1.41. The van der Waals surface area contributed by atoms with Crippen LogP contribution in [0.25, 0.3) is 11.1 Å². The predicted molar refractivity (Wildman–Crippen MR) is 76.3 cm³/mol. The van der Waals surface area contributed by atoms with Gasteiger partial charge in [0.25, 0.3) is 0 Å². The highest BCUT2D eigenvalue weighted by molar-refractivity contribution is 5.90. The lowest BCUT2D eigenvalue weighted by molar-refractivity contribution is 0.0587. The molecule has 2 aromatic rings. The van der Waals surface area contributed by atoms with E-state index in [9.17, 15) is 4.79 Å². The van der Waals surface area contributed by atoms with E-state index in [1.807, 2.05) is 42.8 Å². The second-order valence-electron chi connectivity index (χ2n) is 4.98. The van der Waals surface area contributed by atoms with E-state index in [1.54, 1.807) is 0 Å². The Labute approximate surface area is 113 Å². The summed E-state index contributed by atoms with van der Waals surface area (Å²) in [4.78, 5) is 11.8. The number of ether oxygens (including phenoxy) is 1. The Balaban J connectivity index is 2.51. The van der Waals surface area contributed by atoms with Crippen LogP contribution in [0.15, 0.2) is 36.5 Å². The molecule has 0 unspecified atom stereocenters. The second kappa shape index (κ2) is 5.31. The molecule has 0 aliphatic heterocycles. The minimum atomic E-state index is -0.299. The fraction of sp³-hybridized carbons (Fsp3) is 0.312. The quantitative estimate of drug-likeness (QED) is 0.782. The molecule has 0 bridgehead atoms. The molecule has 0 fully saturated rings. The normalized spacial score (nSPS) is 10.8. The largest absolute Gasteiger partial charge is 0.464 e. The van der Waals surface area contributed by atoms with E-state index in [2.05, 4.69) is 19.1 Å². The maximum Gasteiger partial charge on any atom is 0.354 e. The van der Waals surface area contributed by atoms with Gasteiger partial charge >= 0.3 is 5.97 Å². The van der Waals surface area contributed by atoms with Crippen LogP contribution in [0.3, 0.4) is 0 Å². The highest BCUT2D eigenvalue weighted by atomic mass is 16.5. The van der Waals surface area contributed by atoms with Gasteiger partial charge in [-0.1, -0.05) is 29.8 Å². The van der Waals surface area contributed by atoms with E-state index in [-0.39, 0.29) is 12.0 Å². The Morgan fingerprint density at radius 1 is 1.21 bits per heavy atom. The molecule has 1 heterocycles. The molecule has 3 nitrogen and oxygen atoms in total. The van der Waals surface area contributed by atoms with Gasteiger partial charge in [0.15, 0.2) is 0 Å². The maximum atomic E-state index is 11.8. The van der Waals surface area contributed by atoms with Crippen molar-refractivity contribution in [2.75, 3.05) is 7.11 Å². The highest BCUT2D eigenvalue weighted by Gasteiger charge is 2.16. The summed E-state index contributed by atoms with van der Waals surface area (Å²) in [6.45, 7) is 6.16. The number of nitrogens with zero attached hydrogens (tertiary/aromatic N) is 1. The number of aryl methyl sites for hydroxylation is 1. The summed E-state index contributed by atoms with van der Waals surface area (Å²) < 4.78 is 6.79. The van der Waals surface area contributed by atoms with Gasteiger partial charge in [0, 0.05) is 17.8 Å². The molecule has 1 aromatic carbocycles. The zero-order valence-electron chi connectivity index (χ0n) is 11.8. The van der Waals surface area contributed by atoms with Crippen LogP contribution in [0, 0.1) is 6.92 Å². The topological polar surface area (TPSA) is 31.2 Å². The fourth-order valence-electron chi connectivity index (χ4n) is 2.16. The lowest BCUT2D eigenvalue weighted by Crippen LogP contribution is -2.11. The summed E-state index contributed by atoms with van der Waals surface area (Å²) in [6.07, 6.45) is 2.01. The van der Waals surface area contributed by atoms with Crippen molar-refractivity contribution in [3.8, 4) is 11.1 Å². The monoisotopic (exact) mass is 257 g/mol. The van der Waals surface area contributed by atoms with E-state index in [1.165, 1.54) is 12.7 Å². The molecule has 0 N–H and O–H groups in total. The van der Waals surface area contributed by atoms with Gasteiger partial charge in [-0.05, 0) is 32.4 Å². The summed E-state index contributed by atoms with van der Waals surface area (Å²) in [5.74, 6) is -0.299. The van der Waals surface area contributed by atoms with E-state index in [0.29, 0.717) is 5.69 Å². The molecule has 100 valence electrons. The van der Waals surface area contributed by atoms with Gasteiger partial charge in [0.05, 0.1) is 7.11 Å². The van der Waals surface area contributed by atoms with Gasteiger partial charge < -0.3 is 9.30 Å². The minimum absolute atomic E-state index is 0.215. The number of benzene rings is 1. The first-order valence-corrected chi connectivity index (χ1v) is 6.40. The van der Waals surface area contributed by atoms with Gasteiger partial charge in [-0.2, -0.15) is 0 Å². The summed E-state index contributed by atoms with van der Waals surface area (Å²) in [6, 6.07) is 10.3. The molecule has 1 aromatic heterocycles. The van der Waals surface area contributed by atoms with Crippen LogP contribution in [-0.2, 0) is 4.74 Å². The van der Waals surface area contributed by atoms with Gasteiger partial charge in [-0.25, -0.2) is 4.79 Å². The van der Waals surface area contributed by atoms with Crippen molar-refractivity contribution >= 4 is 5.97 Å². The van der Waals surface area contributed by atoms with Crippen LogP contribution in [0.5, 0.6) is 0 Å². The molecular weight excluding hydrogens is 238 g/mol. The number of hydrogen-bond acceptors (Lipinski definition) is 2. The third-order valence-corrected chi connectivity index (χ3v) is 3.15. The first-order chi connectivity index (χ1) is 9.02. The predicted octanol–water partition coefficient (Wildman–Crippen LogP) is 3.83. The number of methoxy groups -OCH3 is 1. The third-order valence-electron chi connectivity index (χ3n) is 3.15. The van der Waals surface area contributed by atoms with Crippen molar-refractivity contribution in [2.45, 2.75) is 26.8 Å². The summed E-state index contributed by atoms with van der Waals surface area (Å²) in [5, 5.41) is 0. The van der Waals surface area contributed by atoms with Crippen LogP contribution in [0.2, 0.25) is 0 Å². The van der Waals surface area contributed by atoms with Gasteiger partial charge in [-0.3, -0.25) is 0 Å². The Hall–Kier alpha value is -2.03. The van der Waals surface area contributed by atoms with Crippen molar-refractivity contribution in [2.24, 2.45) is 0 Å². The summed E-state index contributed by atoms with van der Waals surface area (Å²) in [5.41, 5.74) is 3.95. The van der Waals surface area contributed by atoms with Crippen LogP contribution < -0.4 is 0 Å². The Kier molecular flexibility index (Phi) is 3.74. The van der Waals surface area contributed by atoms with Crippen molar-refractivity contribution in [1.82, 2.24) is 4.57 Å². The van der Waals surface area contributed by atoms with Gasteiger partial charge in [-0.15, -0.1) is 0 Å². The van der Waals surface area contributed by atoms with E-state index in [4.69, 9.17) is 4.74 Å². The van der Waals surface area contributed by atoms with Crippen molar-refractivity contribution in [1.29, 1.82) is 0 Å². The minimum Gasteiger partial charge on any atom is -0.464 e. The third kappa shape index (κ3) is 2.70. The molecule has 0 atom stereocenters. The second-order valence-corrected chi connectivity index (χ2v) is 4.98. The molecule has 0 spiro atoms. The number of hydrogen-bond donors (Lipinski definition) is 0. The molecule has 0 saturated carbocycles. The average Bonchev–Trinajstić information content (AvgIpc) is 2.83. The zero-order chi connectivity index (χ0) is 14.0. The summed E-state index contributed by atoms with van der Waals surface area (Å²) >= 11 is 0. The standard InChI is InChI=1S/C16H19NO2/c1-11(2)17-10-14(9-15(17)16(18)19-4)13-7-5-6-12(3)8-13/h5-11H,1-4H3. The van der Waals surface area contributed by atoms with Crippen molar-refractivity contribution < 1.29 is 9.53 Å². The molecule has 0 amide bonds. The SMILES string of the molecule is COC(=O)c1cc(-c2cccc(C)c2)cn1C(C)C. The van der Waals surface area contributed by atoms with E-state index < -0.39 is 0 Å². The number of aromatic nitrogens is 1. The van der Waals surface area contributed by atoms with Crippen LogP contribution in [-0.4, -0.2) is 17.6 Å². The number of esters is 1. The molecule has 0 radical (unpaired) electrons. The molecule has 0 saturated heterocycles. The molecular formula is C16H19NO2. The first kappa shape index (κ1) is 13.4. The van der Waals surface area contributed by atoms with Gasteiger partial charge in [0.1, 0.15) is 5.69 Å². The first-order valence-electron chi connectivity index (χ1n) is 6.40. The average molecular weight is 257 g/mol. The number of rotatable bonds is 3. The fourth-order valence-corrected chi connectivity index (χ4v) is 2.16. The van der Waals surface area contributed by atoms with Gasteiger partial charge in [0.2, 0.25) is 0 Å². The molecule has 3 heteroatoms. The Morgan fingerprint density at radius 3 is 2.53 bits per heavy atom. The molecule has 19 heavy (non-hydrogen) atoms. The number of carbonyl (C=O) groups is 1. The smallest absolute Gasteiger partial charge is 0.354 e. The Bertz CT molecular complexity index is 597. The van der Waals surface area contributed by atoms with Crippen LogP contribution >= 0.6 is 0 Å². The highest BCUT2D eigenvalue weighted by Crippen LogP contribution is 2.25. The molecule has 2 rings (SSSR count). The zero-order valence-corrected chi connectivity index (χ0v) is 11.8. The van der Waals surface area contributed by atoms with E-state index in [0.717, 1.165) is 11.1 Å².